The Labute approximate surface area is 153 Å². The molecule has 0 aromatic heterocycles. The molecule has 0 spiro atoms. The zero-order valence-electron chi connectivity index (χ0n) is 15.1. The minimum absolute atomic E-state index is 0.000765. The van der Waals surface area contributed by atoms with Crippen molar-refractivity contribution in [2.75, 3.05) is 27.4 Å². The molecule has 0 bridgehead atoms. The van der Waals surface area contributed by atoms with Gasteiger partial charge >= 0.3 is 0 Å². The molecular weight excluding hydrogens is 332 g/mol. The van der Waals surface area contributed by atoms with E-state index in [9.17, 15) is 9.59 Å². The Hall–Kier alpha value is -2.60. The van der Waals surface area contributed by atoms with Crippen molar-refractivity contribution in [2.24, 2.45) is 11.1 Å². The summed E-state index contributed by atoms with van der Waals surface area (Å²) in [6, 6.07) is 9.96. The number of methoxy groups -OCH3 is 1. The smallest absolute Gasteiger partial charge is 0.254 e. The number of likely N-dealkylation sites (N-methyl/N-ethyl adjacent to an activating group) is 1. The Morgan fingerprint density at radius 3 is 2.69 bits per heavy atom. The van der Waals surface area contributed by atoms with Gasteiger partial charge in [0.25, 0.3) is 5.91 Å². The molecule has 0 saturated heterocycles. The average molecular weight is 356 g/mol. The molecule has 6 heteroatoms. The molecule has 0 radical (unpaired) electrons. The van der Waals surface area contributed by atoms with Gasteiger partial charge in [-0.2, -0.15) is 0 Å². The Morgan fingerprint density at radius 2 is 2.08 bits per heavy atom. The largest absolute Gasteiger partial charge is 0.492 e. The van der Waals surface area contributed by atoms with Crippen LogP contribution in [0.4, 0.5) is 0 Å². The maximum atomic E-state index is 12.5. The van der Waals surface area contributed by atoms with E-state index in [1.807, 2.05) is 30.3 Å². The highest BCUT2D eigenvalue weighted by Gasteiger charge is 2.46. The predicted octanol–water partition coefficient (Wildman–Crippen LogP) is 1.64. The van der Waals surface area contributed by atoms with Crippen LogP contribution in [0.2, 0.25) is 0 Å². The van der Waals surface area contributed by atoms with Crippen LogP contribution in [-0.4, -0.2) is 39.2 Å². The van der Waals surface area contributed by atoms with Gasteiger partial charge < -0.3 is 20.5 Å². The molecule has 2 amide bonds. The topological polar surface area (TPSA) is 90.6 Å². The van der Waals surface area contributed by atoms with E-state index in [-0.39, 0.29) is 11.8 Å². The third kappa shape index (κ3) is 3.12. The van der Waals surface area contributed by atoms with Crippen molar-refractivity contribution in [3.05, 3.63) is 58.9 Å². The van der Waals surface area contributed by atoms with Gasteiger partial charge in [0, 0.05) is 26.7 Å². The van der Waals surface area contributed by atoms with Gasteiger partial charge in [0.1, 0.15) is 5.76 Å². The van der Waals surface area contributed by atoms with Gasteiger partial charge in [-0.3, -0.25) is 9.59 Å². The summed E-state index contributed by atoms with van der Waals surface area (Å²) in [6.45, 7) is 0.822. The first kappa shape index (κ1) is 18.2. The normalized spacial score (nSPS) is 24.5. The highest BCUT2D eigenvalue weighted by molar-refractivity contribution is 5.99. The number of rotatable bonds is 6. The van der Waals surface area contributed by atoms with Crippen LogP contribution in [0.15, 0.2) is 53.3 Å². The first-order valence-electron chi connectivity index (χ1n) is 8.67. The Morgan fingerprint density at radius 1 is 1.35 bits per heavy atom. The fourth-order valence-electron chi connectivity index (χ4n) is 3.72. The van der Waals surface area contributed by atoms with Crippen LogP contribution in [0.25, 0.3) is 0 Å². The number of ether oxygens (including phenoxy) is 2. The molecule has 2 atom stereocenters. The lowest BCUT2D eigenvalue weighted by Crippen LogP contribution is -2.40. The molecule has 1 aliphatic carbocycles. The molecule has 26 heavy (non-hydrogen) atoms. The monoisotopic (exact) mass is 356 g/mol. The Bertz CT molecular complexity index is 769. The zero-order valence-corrected chi connectivity index (χ0v) is 15.1. The van der Waals surface area contributed by atoms with Crippen molar-refractivity contribution in [1.82, 2.24) is 5.32 Å². The number of hydrogen-bond acceptors (Lipinski definition) is 4. The van der Waals surface area contributed by atoms with Crippen LogP contribution < -0.4 is 11.1 Å². The molecule has 2 unspecified atom stereocenters. The second kappa shape index (κ2) is 7.33. The summed E-state index contributed by atoms with van der Waals surface area (Å²) in [4.78, 5) is 24.9. The van der Waals surface area contributed by atoms with Gasteiger partial charge in [-0.15, -0.1) is 0 Å². The predicted molar refractivity (Wildman–Crippen MR) is 97.0 cm³/mol. The van der Waals surface area contributed by atoms with Crippen molar-refractivity contribution < 1.29 is 19.1 Å². The van der Waals surface area contributed by atoms with Gasteiger partial charge in [-0.25, -0.2) is 0 Å². The van der Waals surface area contributed by atoms with Crippen LogP contribution in [0, 0.1) is 5.41 Å². The lowest BCUT2D eigenvalue weighted by Gasteiger charge is -2.33. The van der Waals surface area contributed by atoms with Gasteiger partial charge in [0.15, 0.2) is 0 Å². The quantitative estimate of drug-likeness (QED) is 0.811. The standard InChI is InChI=1S/C20H24N2O4/c1-22-18(23)15-11-20(19(21)24,8-9-25-2)10-14-16(12-26-17(14)15)13-6-4-3-5-7-13/h3-7,11,16H,8-10,12H2,1-2H3,(H2,21,24)(H,22,23). The molecule has 1 aliphatic heterocycles. The van der Waals surface area contributed by atoms with Crippen molar-refractivity contribution >= 4 is 11.8 Å². The molecule has 3 rings (SSSR count). The fourth-order valence-corrected chi connectivity index (χ4v) is 3.72. The third-order valence-corrected chi connectivity index (χ3v) is 5.19. The Kier molecular flexibility index (Phi) is 5.13. The van der Waals surface area contributed by atoms with Gasteiger partial charge in [0.2, 0.25) is 5.91 Å². The summed E-state index contributed by atoms with van der Waals surface area (Å²) in [6.07, 6.45) is 2.51. The van der Waals surface area contributed by atoms with Crippen molar-refractivity contribution in [3.63, 3.8) is 0 Å². The number of benzene rings is 1. The molecule has 0 fully saturated rings. The molecule has 3 N–H and O–H groups in total. The molecule has 0 saturated carbocycles. The van der Waals surface area contributed by atoms with E-state index < -0.39 is 11.3 Å². The number of carbonyl (C=O) groups excluding carboxylic acids is 2. The van der Waals surface area contributed by atoms with Crippen molar-refractivity contribution in [2.45, 2.75) is 18.8 Å². The summed E-state index contributed by atoms with van der Waals surface area (Å²) in [5, 5.41) is 2.63. The van der Waals surface area contributed by atoms with E-state index in [1.165, 1.54) is 0 Å². The summed E-state index contributed by atoms with van der Waals surface area (Å²) >= 11 is 0. The first-order valence-corrected chi connectivity index (χ1v) is 8.67. The highest BCUT2D eigenvalue weighted by atomic mass is 16.5. The SMILES string of the molecule is CNC(=O)C1=CC(CCOC)(C(N)=O)CC2=C1OCC2c1ccccc1. The minimum atomic E-state index is -0.961. The lowest BCUT2D eigenvalue weighted by atomic mass is 9.70. The second-order valence-corrected chi connectivity index (χ2v) is 6.71. The van der Waals surface area contributed by atoms with Crippen LogP contribution >= 0.6 is 0 Å². The van der Waals surface area contributed by atoms with Crippen LogP contribution in [-0.2, 0) is 19.1 Å². The minimum Gasteiger partial charge on any atom is -0.492 e. The van der Waals surface area contributed by atoms with E-state index >= 15 is 0 Å². The second-order valence-electron chi connectivity index (χ2n) is 6.71. The first-order chi connectivity index (χ1) is 12.5. The van der Waals surface area contributed by atoms with Crippen LogP contribution in [0.3, 0.4) is 0 Å². The van der Waals surface area contributed by atoms with E-state index in [1.54, 1.807) is 20.2 Å². The summed E-state index contributed by atoms with van der Waals surface area (Å²) < 4.78 is 11.1. The lowest BCUT2D eigenvalue weighted by molar-refractivity contribution is -0.126. The number of primary amides is 1. The zero-order chi connectivity index (χ0) is 18.7. The number of nitrogens with one attached hydrogen (secondary N) is 1. The van der Waals surface area contributed by atoms with Gasteiger partial charge in [-0.1, -0.05) is 36.4 Å². The highest BCUT2D eigenvalue weighted by Crippen LogP contribution is 2.49. The van der Waals surface area contributed by atoms with Gasteiger partial charge in [0.05, 0.1) is 17.6 Å². The molecule has 6 nitrogen and oxygen atoms in total. The van der Waals surface area contributed by atoms with Crippen molar-refractivity contribution in [3.8, 4) is 0 Å². The molecule has 2 aliphatic rings. The van der Waals surface area contributed by atoms with Crippen molar-refractivity contribution in [1.29, 1.82) is 0 Å². The Balaban J connectivity index is 2.08. The van der Waals surface area contributed by atoms with E-state index in [4.69, 9.17) is 15.2 Å². The number of carbonyl (C=O) groups is 2. The molecular formula is C20H24N2O4. The summed E-state index contributed by atoms with van der Waals surface area (Å²) in [5.41, 5.74) is 7.24. The maximum Gasteiger partial charge on any atom is 0.254 e. The van der Waals surface area contributed by atoms with Crippen LogP contribution in [0.1, 0.15) is 24.3 Å². The maximum absolute atomic E-state index is 12.5. The van der Waals surface area contributed by atoms with Crippen LogP contribution in [0.5, 0.6) is 0 Å². The van der Waals surface area contributed by atoms with E-state index in [0.717, 1.165) is 11.1 Å². The van der Waals surface area contributed by atoms with Gasteiger partial charge in [-0.05, 0) is 24.0 Å². The van der Waals surface area contributed by atoms with E-state index in [2.05, 4.69) is 5.32 Å². The van der Waals surface area contributed by atoms with E-state index in [0.29, 0.717) is 37.4 Å². The fraction of sp³-hybridized carbons (Fsp3) is 0.400. The molecule has 1 aromatic carbocycles. The number of nitrogens with two attached hydrogens (primary N) is 1. The molecule has 138 valence electrons. The number of amides is 2. The summed E-state index contributed by atoms with van der Waals surface area (Å²) in [5.74, 6) is -0.163. The average Bonchev–Trinajstić information content (AvgIpc) is 3.09. The summed E-state index contributed by atoms with van der Waals surface area (Å²) in [7, 11) is 3.14. The molecule has 1 aromatic rings. The number of hydrogen-bond donors (Lipinski definition) is 2. The molecule has 1 heterocycles. The third-order valence-electron chi connectivity index (χ3n) is 5.19.